The number of aliphatic hydroxyl groups excluding tert-OH is 1. The van der Waals surface area contributed by atoms with Gasteiger partial charge in [0.05, 0.1) is 6.10 Å². The minimum Gasteiger partial charge on any atom is -0.392 e. The summed E-state index contributed by atoms with van der Waals surface area (Å²) in [5, 5.41) is 9.32. The van der Waals surface area contributed by atoms with E-state index in [2.05, 4.69) is 18.7 Å². The smallest absolute Gasteiger partial charge is 0.0664 e. The lowest BCUT2D eigenvalue weighted by molar-refractivity contribution is -0.00568. The standard InChI is InChI=1S/C9H19NO/c1-4-8(11)5-10-6-9(2,3)7-10/h8,11H,4-7H2,1-3H3/t8-/m1/s1. The molecule has 1 fully saturated rings. The number of β-amino-alcohol motifs (C(OH)–C–C–N with tert-alkyl or cyclic N) is 1. The molecule has 1 heterocycles. The summed E-state index contributed by atoms with van der Waals surface area (Å²) in [6.07, 6.45) is 0.753. The number of likely N-dealkylation sites (tertiary alicyclic amines) is 1. The van der Waals surface area contributed by atoms with Gasteiger partial charge in [0.25, 0.3) is 0 Å². The summed E-state index contributed by atoms with van der Waals surface area (Å²) in [7, 11) is 0. The molecule has 0 saturated carbocycles. The second-order valence-corrected chi connectivity index (χ2v) is 4.40. The zero-order chi connectivity index (χ0) is 8.48. The molecule has 1 aliphatic rings. The zero-order valence-electron chi connectivity index (χ0n) is 7.80. The normalized spacial score (nSPS) is 26.2. The van der Waals surface area contributed by atoms with Crippen LogP contribution in [-0.4, -0.2) is 35.7 Å². The lowest BCUT2D eigenvalue weighted by Crippen LogP contribution is -2.54. The first-order valence-corrected chi connectivity index (χ1v) is 4.44. The Morgan fingerprint density at radius 2 is 2.00 bits per heavy atom. The van der Waals surface area contributed by atoms with Gasteiger partial charge in [0.15, 0.2) is 0 Å². The van der Waals surface area contributed by atoms with E-state index >= 15 is 0 Å². The van der Waals surface area contributed by atoms with Crippen LogP contribution in [0.5, 0.6) is 0 Å². The monoisotopic (exact) mass is 157 g/mol. The van der Waals surface area contributed by atoms with Gasteiger partial charge in [0, 0.05) is 19.6 Å². The van der Waals surface area contributed by atoms with Crippen LogP contribution in [0.25, 0.3) is 0 Å². The van der Waals surface area contributed by atoms with Crippen molar-refractivity contribution in [2.75, 3.05) is 19.6 Å². The van der Waals surface area contributed by atoms with Crippen molar-refractivity contribution in [3.05, 3.63) is 0 Å². The van der Waals surface area contributed by atoms with E-state index in [4.69, 9.17) is 0 Å². The average Bonchev–Trinajstić information content (AvgIpc) is 1.83. The third-order valence-corrected chi connectivity index (χ3v) is 2.24. The summed E-state index contributed by atoms with van der Waals surface area (Å²) in [4.78, 5) is 2.31. The van der Waals surface area contributed by atoms with Crippen molar-refractivity contribution >= 4 is 0 Å². The van der Waals surface area contributed by atoms with Crippen molar-refractivity contribution in [2.45, 2.75) is 33.3 Å². The van der Waals surface area contributed by atoms with E-state index in [0.29, 0.717) is 5.41 Å². The van der Waals surface area contributed by atoms with Gasteiger partial charge in [0.2, 0.25) is 0 Å². The molecule has 0 spiro atoms. The molecule has 2 nitrogen and oxygen atoms in total. The van der Waals surface area contributed by atoms with Gasteiger partial charge in [-0.25, -0.2) is 0 Å². The molecule has 0 aromatic carbocycles. The summed E-state index contributed by atoms with van der Waals surface area (Å²) in [5.41, 5.74) is 0.494. The Kier molecular flexibility index (Phi) is 2.55. The molecular formula is C9H19NO. The van der Waals surface area contributed by atoms with E-state index in [1.807, 2.05) is 6.92 Å². The minimum absolute atomic E-state index is 0.119. The SMILES string of the molecule is CC[C@@H](O)CN1CC(C)(C)C1. The van der Waals surface area contributed by atoms with Crippen LogP contribution >= 0.6 is 0 Å². The maximum atomic E-state index is 9.32. The second kappa shape index (κ2) is 3.11. The molecule has 1 aliphatic heterocycles. The van der Waals surface area contributed by atoms with Gasteiger partial charge >= 0.3 is 0 Å². The zero-order valence-corrected chi connectivity index (χ0v) is 7.80. The number of hydrogen-bond acceptors (Lipinski definition) is 2. The molecule has 0 unspecified atom stereocenters. The van der Waals surface area contributed by atoms with E-state index in [0.717, 1.165) is 26.1 Å². The highest BCUT2D eigenvalue weighted by atomic mass is 16.3. The van der Waals surface area contributed by atoms with Crippen LogP contribution in [0.1, 0.15) is 27.2 Å². The van der Waals surface area contributed by atoms with Gasteiger partial charge in [-0.2, -0.15) is 0 Å². The van der Waals surface area contributed by atoms with Crippen LogP contribution in [0.4, 0.5) is 0 Å². The summed E-state index contributed by atoms with van der Waals surface area (Å²) in [6.45, 7) is 9.70. The molecule has 0 aliphatic carbocycles. The van der Waals surface area contributed by atoms with Crippen LogP contribution in [-0.2, 0) is 0 Å². The van der Waals surface area contributed by atoms with Crippen LogP contribution in [0.2, 0.25) is 0 Å². The Morgan fingerprint density at radius 1 is 1.45 bits per heavy atom. The molecule has 0 radical (unpaired) electrons. The van der Waals surface area contributed by atoms with Crippen molar-refractivity contribution in [3.63, 3.8) is 0 Å². The second-order valence-electron chi connectivity index (χ2n) is 4.40. The van der Waals surface area contributed by atoms with E-state index in [-0.39, 0.29) is 6.10 Å². The first-order chi connectivity index (χ1) is 5.03. The third-order valence-electron chi connectivity index (χ3n) is 2.24. The lowest BCUT2D eigenvalue weighted by atomic mass is 9.84. The first kappa shape index (κ1) is 9.01. The molecule has 2 heteroatoms. The fourth-order valence-electron chi connectivity index (χ4n) is 1.72. The molecular weight excluding hydrogens is 138 g/mol. The Hall–Kier alpha value is -0.0800. The molecule has 0 aromatic rings. The molecule has 0 bridgehead atoms. The molecule has 66 valence electrons. The summed E-state index contributed by atoms with van der Waals surface area (Å²) >= 11 is 0. The minimum atomic E-state index is -0.119. The van der Waals surface area contributed by atoms with Crippen LogP contribution in [0.3, 0.4) is 0 Å². The van der Waals surface area contributed by atoms with Gasteiger partial charge in [-0.3, -0.25) is 4.90 Å². The maximum Gasteiger partial charge on any atom is 0.0664 e. The van der Waals surface area contributed by atoms with E-state index < -0.39 is 0 Å². The van der Waals surface area contributed by atoms with Gasteiger partial charge in [-0.15, -0.1) is 0 Å². The molecule has 1 rings (SSSR count). The Morgan fingerprint density at radius 3 is 2.36 bits per heavy atom. The highest BCUT2D eigenvalue weighted by Gasteiger charge is 2.34. The summed E-state index contributed by atoms with van der Waals surface area (Å²) in [6, 6.07) is 0. The van der Waals surface area contributed by atoms with E-state index in [1.165, 1.54) is 0 Å². The van der Waals surface area contributed by atoms with Crippen LogP contribution in [0, 0.1) is 5.41 Å². The molecule has 1 atom stereocenters. The molecule has 1 N–H and O–H groups in total. The lowest BCUT2D eigenvalue weighted by Gasteiger charge is -2.46. The fourth-order valence-corrected chi connectivity index (χ4v) is 1.72. The Bertz CT molecular complexity index is 126. The first-order valence-electron chi connectivity index (χ1n) is 4.44. The predicted molar refractivity (Wildman–Crippen MR) is 46.5 cm³/mol. The summed E-state index contributed by atoms with van der Waals surface area (Å²) < 4.78 is 0. The van der Waals surface area contributed by atoms with Gasteiger partial charge in [0.1, 0.15) is 0 Å². The quantitative estimate of drug-likeness (QED) is 0.663. The third kappa shape index (κ3) is 2.46. The van der Waals surface area contributed by atoms with Crippen molar-refractivity contribution in [1.29, 1.82) is 0 Å². The molecule has 0 amide bonds. The van der Waals surface area contributed by atoms with Gasteiger partial charge in [-0.1, -0.05) is 20.8 Å². The predicted octanol–water partition coefficient (Wildman–Crippen LogP) is 1.10. The molecule has 11 heavy (non-hydrogen) atoms. The number of aliphatic hydroxyl groups is 1. The molecule has 0 aromatic heterocycles. The maximum absolute atomic E-state index is 9.32. The summed E-state index contributed by atoms with van der Waals surface area (Å²) in [5.74, 6) is 0. The molecule has 1 saturated heterocycles. The highest BCUT2D eigenvalue weighted by Crippen LogP contribution is 2.28. The Labute approximate surface area is 69.2 Å². The van der Waals surface area contributed by atoms with Gasteiger partial charge < -0.3 is 5.11 Å². The van der Waals surface area contributed by atoms with E-state index in [9.17, 15) is 5.11 Å². The highest BCUT2D eigenvalue weighted by molar-refractivity contribution is 4.88. The van der Waals surface area contributed by atoms with E-state index in [1.54, 1.807) is 0 Å². The van der Waals surface area contributed by atoms with Gasteiger partial charge in [-0.05, 0) is 11.8 Å². The topological polar surface area (TPSA) is 23.5 Å². The number of nitrogens with zero attached hydrogens (tertiary/aromatic N) is 1. The largest absolute Gasteiger partial charge is 0.392 e. The van der Waals surface area contributed by atoms with Crippen LogP contribution in [0.15, 0.2) is 0 Å². The average molecular weight is 157 g/mol. The number of rotatable bonds is 3. The van der Waals surface area contributed by atoms with Crippen molar-refractivity contribution in [3.8, 4) is 0 Å². The Balaban J connectivity index is 2.13. The van der Waals surface area contributed by atoms with Crippen LogP contribution < -0.4 is 0 Å². The number of hydrogen-bond donors (Lipinski definition) is 1. The van der Waals surface area contributed by atoms with Crippen molar-refractivity contribution < 1.29 is 5.11 Å². The fraction of sp³-hybridized carbons (Fsp3) is 1.00. The van der Waals surface area contributed by atoms with Crippen molar-refractivity contribution in [1.82, 2.24) is 4.90 Å². The van der Waals surface area contributed by atoms with Crippen molar-refractivity contribution in [2.24, 2.45) is 5.41 Å².